The lowest BCUT2D eigenvalue weighted by Crippen LogP contribution is -1.93. The van der Waals surface area contributed by atoms with Gasteiger partial charge >= 0.3 is 0 Å². The zero-order valence-electron chi connectivity index (χ0n) is 7.02. The van der Waals surface area contributed by atoms with Gasteiger partial charge in [0, 0.05) is 5.92 Å². The zero-order chi connectivity index (χ0) is 8.39. The van der Waals surface area contributed by atoms with Gasteiger partial charge in [0.1, 0.15) is 5.82 Å². The normalized spacial score (nSPS) is 18.4. The van der Waals surface area contributed by atoms with Crippen molar-refractivity contribution in [2.45, 2.75) is 25.7 Å². The van der Waals surface area contributed by atoms with Crippen LogP contribution in [0.3, 0.4) is 0 Å². The number of hydrogen-bond donors (Lipinski definition) is 0. The molecule has 0 nitrogen and oxygen atoms in total. The topological polar surface area (TPSA) is 0 Å². The van der Waals surface area contributed by atoms with Crippen LogP contribution in [0.15, 0.2) is 24.3 Å². The fourth-order valence-corrected chi connectivity index (χ4v) is 1.80. The molecule has 63 valence electrons. The second kappa shape index (κ2) is 3.26. The summed E-state index contributed by atoms with van der Waals surface area (Å²) in [6, 6.07) is 6.93. The van der Waals surface area contributed by atoms with Crippen molar-refractivity contribution in [3.8, 4) is 0 Å². The second-order valence-corrected chi connectivity index (χ2v) is 3.32. The molecular weight excluding hydrogens is 151 g/mol. The Hall–Kier alpha value is -0.850. The fraction of sp³-hybridized carbons (Fsp3) is 0.364. The summed E-state index contributed by atoms with van der Waals surface area (Å²) in [5.74, 6) is 1.31. The smallest absolute Gasteiger partial charge is 0.123 e. The van der Waals surface area contributed by atoms with E-state index in [2.05, 4.69) is 0 Å². The molecule has 0 aromatic heterocycles. The van der Waals surface area contributed by atoms with Crippen LogP contribution in [-0.2, 0) is 0 Å². The maximum absolute atomic E-state index is 12.8. The van der Waals surface area contributed by atoms with E-state index in [1.165, 1.54) is 24.8 Å². The Bertz CT molecular complexity index is 261. The third-order valence-electron chi connectivity index (χ3n) is 2.44. The van der Waals surface area contributed by atoms with Crippen molar-refractivity contribution in [1.82, 2.24) is 0 Å². The summed E-state index contributed by atoms with van der Waals surface area (Å²) >= 11 is 0. The number of halogens is 1. The van der Waals surface area contributed by atoms with E-state index in [1.807, 2.05) is 6.07 Å². The minimum absolute atomic E-state index is 0.119. The van der Waals surface area contributed by atoms with E-state index >= 15 is 0 Å². The Morgan fingerprint density at radius 3 is 2.50 bits per heavy atom. The monoisotopic (exact) mass is 163 g/mol. The number of rotatable bonds is 1. The maximum atomic E-state index is 12.8. The van der Waals surface area contributed by atoms with Gasteiger partial charge in [-0.2, -0.15) is 0 Å². The van der Waals surface area contributed by atoms with Crippen LogP contribution in [0.2, 0.25) is 0 Å². The van der Waals surface area contributed by atoms with E-state index in [-0.39, 0.29) is 5.82 Å². The molecule has 0 saturated heterocycles. The molecule has 0 bridgehead atoms. The average molecular weight is 163 g/mol. The molecule has 1 aromatic rings. The maximum Gasteiger partial charge on any atom is 0.123 e. The highest BCUT2D eigenvalue weighted by Gasteiger charge is 2.17. The van der Waals surface area contributed by atoms with Gasteiger partial charge in [0.2, 0.25) is 0 Å². The summed E-state index contributed by atoms with van der Waals surface area (Å²) < 4.78 is 12.8. The summed E-state index contributed by atoms with van der Waals surface area (Å²) in [5, 5.41) is 0. The third-order valence-corrected chi connectivity index (χ3v) is 2.44. The zero-order valence-corrected chi connectivity index (χ0v) is 7.02. The molecule has 1 saturated carbocycles. The van der Waals surface area contributed by atoms with Crippen LogP contribution in [-0.4, -0.2) is 0 Å². The van der Waals surface area contributed by atoms with E-state index in [0.29, 0.717) is 0 Å². The molecule has 1 aliphatic rings. The summed E-state index contributed by atoms with van der Waals surface area (Å²) in [6.45, 7) is 0. The third kappa shape index (κ3) is 1.50. The molecule has 0 aliphatic heterocycles. The highest BCUT2D eigenvalue weighted by Crippen LogP contribution is 2.32. The van der Waals surface area contributed by atoms with Gasteiger partial charge in [-0.3, -0.25) is 0 Å². The first-order chi connectivity index (χ1) is 5.86. The highest BCUT2D eigenvalue weighted by atomic mass is 19.1. The quantitative estimate of drug-likeness (QED) is 0.595. The number of hydrogen-bond acceptors (Lipinski definition) is 0. The largest absolute Gasteiger partial charge is 0.207 e. The molecule has 12 heavy (non-hydrogen) atoms. The van der Waals surface area contributed by atoms with Gasteiger partial charge in [-0.1, -0.05) is 25.0 Å². The van der Waals surface area contributed by atoms with E-state index in [4.69, 9.17) is 0 Å². The van der Waals surface area contributed by atoms with Crippen molar-refractivity contribution in [3.05, 3.63) is 41.6 Å². The summed E-state index contributed by atoms with van der Waals surface area (Å²) in [5.41, 5.74) is 1.10. The van der Waals surface area contributed by atoms with Gasteiger partial charge in [-0.05, 0) is 30.5 Å². The average Bonchev–Trinajstić information content (AvgIpc) is 2.56. The first kappa shape index (κ1) is 7.78. The molecule has 0 unspecified atom stereocenters. The molecule has 0 spiro atoms. The standard InChI is InChI=1S/C11H12F/c12-11-7-3-6-10(8-11)9-4-1-2-5-9/h3,6-8H,1-2,4-5H2. The molecular formula is C11H12F. The lowest BCUT2D eigenvalue weighted by Gasteiger charge is -2.07. The van der Waals surface area contributed by atoms with Gasteiger partial charge in [0.05, 0.1) is 0 Å². The Balaban J connectivity index is 2.21. The summed E-state index contributed by atoms with van der Waals surface area (Å²) in [4.78, 5) is 0. The fourth-order valence-electron chi connectivity index (χ4n) is 1.80. The lowest BCUT2D eigenvalue weighted by molar-refractivity contribution is 0.625. The Labute approximate surface area is 72.4 Å². The van der Waals surface area contributed by atoms with Crippen molar-refractivity contribution in [1.29, 1.82) is 0 Å². The first-order valence-electron chi connectivity index (χ1n) is 4.47. The molecule has 1 aromatic carbocycles. The van der Waals surface area contributed by atoms with Crippen LogP contribution in [0.5, 0.6) is 0 Å². The summed E-state index contributed by atoms with van der Waals surface area (Å²) in [6.07, 6.45) is 4.85. The predicted molar refractivity (Wildman–Crippen MR) is 47.2 cm³/mol. The number of benzene rings is 1. The molecule has 0 heterocycles. The molecule has 2 rings (SSSR count). The SMILES string of the molecule is Fc1cccc([C]2CCCC2)c1. The van der Waals surface area contributed by atoms with Crippen LogP contribution in [0, 0.1) is 11.7 Å². The molecule has 0 N–H and O–H groups in total. The van der Waals surface area contributed by atoms with Crippen molar-refractivity contribution >= 4 is 0 Å². The minimum Gasteiger partial charge on any atom is -0.207 e. The Morgan fingerprint density at radius 2 is 1.83 bits per heavy atom. The lowest BCUT2D eigenvalue weighted by atomic mass is 9.98. The predicted octanol–water partition coefficient (Wildman–Crippen LogP) is 3.32. The van der Waals surface area contributed by atoms with Gasteiger partial charge in [-0.25, -0.2) is 4.39 Å². The molecule has 0 amide bonds. The van der Waals surface area contributed by atoms with Gasteiger partial charge in [0.15, 0.2) is 0 Å². The van der Waals surface area contributed by atoms with E-state index < -0.39 is 0 Å². The molecule has 0 atom stereocenters. The van der Waals surface area contributed by atoms with Gasteiger partial charge < -0.3 is 0 Å². The van der Waals surface area contributed by atoms with E-state index in [9.17, 15) is 4.39 Å². The van der Waals surface area contributed by atoms with Crippen LogP contribution in [0.1, 0.15) is 31.2 Å². The minimum atomic E-state index is -0.119. The van der Waals surface area contributed by atoms with Crippen LogP contribution in [0.25, 0.3) is 0 Å². The Kier molecular flexibility index (Phi) is 2.11. The van der Waals surface area contributed by atoms with Crippen molar-refractivity contribution < 1.29 is 4.39 Å². The van der Waals surface area contributed by atoms with Crippen molar-refractivity contribution in [3.63, 3.8) is 0 Å². The van der Waals surface area contributed by atoms with Gasteiger partial charge in [0.25, 0.3) is 0 Å². The van der Waals surface area contributed by atoms with Crippen LogP contribution >= 0.6 is 0 Å². The highest BCUT2D eigenvalue weighted by molar-refractivity contribution is 5.31. The first-order valence-corrected chi connectivity index (χ1v) is 4.47. The van der Waals surface area contributed by atoms with E-state index in [1.54, 1.807) is 12.1 Å². The molecule has 1 heteroatoms. The van der Waals surface area contributed by atoms with Crippen molar-refractivity contribution in [2.75, 3.05) is 0 Å². The van der Waals surface area contributed by atoms with Gasteiger partial charge in [-0.15, -0.1) is 0 Å². The second-order valence-electron chi connectivity index (χ2n) is 3.32. The van der Waals surface area contributed by atoms with Crippen molar-refractivity contribution in [2.24, 2.45) is 0 Å². The van der Waals surface area contributed by atoms with Crippen LogP contribution in [0.4, 0.5) is 4.39 Å². The molecule has 1 fully saturated rings. The molecule has 1 aliphatic carbocycles. The van der Waals surface area contributed by atoms with E-state index in [0.717, 1.165) is 18.4 Å². The van der Waals surface area contributed by atoms with Crippen LogP contribution < -0.4 is 0 Å². The summed E-state index contributed by atoms with van der Waals surface area (Å²) in [7, 11) is 0. The Morgan fingerprint density at radius 1 is 1.08 bits per heavy atom. The molecule has 1 radical (unpaired) electrons.